The number of methoxy groups -OCH3 is 1. The second-order valence-electron chi connectivity index (χ2n) is 10.8. The molecule has 194 valence electrons. The average Bonchev–Trinajstić information content (AvgIpc) is 3.13. The first-order chi connectivity index (χ1) is 18.5. The molecule has 0 aromatic heterocycles. The van der Waals surface area contributed by atoms with Crippen LogP contribution in [0.3, 0.4) is 0 Å². The van der Waals surface area contributed by atoms with Crippen LogP contribution in [0, 0.1) is 0 Å². The molecule has 5 nitrogen and oxygen atoms in total. The summed E-state index contributed by atoms with van der Waals surface area (Å²) in [5.41, 5.74) is 6.48. The molecule has 0 saturated carbocycles. The summed E-state index contributed by atoms with van der Waals surface area (Å²) in [4.78, 5) is 28.7. The molecule has 1 fully saturated rings. The van der Waals surface area contributed by atoms with Gasteiger partial charge in [-0.05, 0) is 60.9 Å². The molecule has 1 saturated heterocycles. The smallest absolute Gasteiger partial charge is 0.339 e. The average molecular weight is 508 g/mol. The van der Waals surface area contributed by atoms with Crippen LogP contribution < -0.4 is 4.74 Å². The van der Waals surface area contributed by atoms with Crippen molar-refractivity contribution < 1.29 is 19.1 Å². The van der Waals surface area contributed by atoms with E-state index in [-0.39, 0.29) is 11.9 Å². The molecule has 3 aliphatic rings. The first-order valence-electron chi connectivity index (χ1n) is 13.5. The molecule has 2 heterocycles. The third-order valence-corrected chi connectivity index (χ3v) is 8.59. The van der Waals surface area contributed by atoms with E-state index in [9.17, 15) is 9.59 Å². The van der Waals surface area contributed by atoms with E-state index in [0.29, 0.717) is 43.2 Å². The summed E-state index contributed by atoms with van der Waals surface area (Å²) in [6.07, 6.45) is 4.07. The molecular formula is C33H33NO4. The van der Waals surface area contributed by atoms with E-state index in [4.69, 9.17) is 9.47 Å². The van der Waals surface area contributed by atoms with Gasteiger partial charge in [-0.15, -0.1) is 0 Å². The van der Waals surface area contributed by atoms with Crippen LogP contribution in [0.5, 0.6) is 5.75 Å². The number of carbonyl (C=O) groups is 2. The number of likely N-dealkylation sites (tertiary alicyclic amines) is 1. The van der Waals surface area contributed by atoms with Gasteiger partial charge in [-0.2, -0.15) is 0 Å². The van der Waals surface area contributed by atoms with E-state index in [2.05, 4.69) is 55.5 Å². The van der Waals surface area contributed by atoms with Crippen molar-refractivity contribution in [3.8, 4) is 5.75 Å². The van der Waals surface area contributed by atoms with Gasteiger partial charge in [0.15, 0.2) is 0 Å². The standard InChI is InChI=1S/C33H33NO4/c1-22-12-13-24(20-23-8-4-3-5-9-23)26-10-6-7-11-27(26)30(22)31(35)34-18-16-33(17-19-34)29-15-14-25(37-2)21-28(29)32(36)38-33/h3-11,14-15,21,24H,12-13,16-20H2,1-2H3. The second kappa shape index (κ2) is 9.79. The monoisotopic (exact) mass is 507 g/mol. The van der Waals surface area contributed by atoms with Gasteiger partial charge in [0.2, 0.25) is 0 Å². The molecule has 1 aliphatic carbocycles. The SMILES string of the molecule is COc1ccc2c(c1)C(=O)OC21CCN(C(=O)C2=C(C)CCC(Cc3ccccc3)c3ccccc32)CC1. The number of hydrogen-bond acceptors (Lipinski definition) is 4. The maximum Gasteiger partial charge on any atom is 0.339 e. The lowest BCUT2D eigenvalue weighted by atomic mass is 9.83. The van der Waals surface area contributed by atoms with Crippen LogP contribution in [0.2, 0.25) is 0 Å². The zero-order valence-electron chi connectivity index (χ0n) is 22.0. The van der Waals surface area contributed by atoms with Gasteiger partial charge in [0, 0.05) is 37.1 Å². The molecule has 3 aromatic carbocycles. The lowest BCUT2D eigenvalue weighted by Gasteiger charge is -2.39. The predicted octanol–water partition coefficient (Wildman–Crippen LogP) is 6.28. The number of benzene rings is 3. The molecule has 2 aliphatic heterocycles. The lowest BCUT2D eigenvalue weighted by Crippen LogP contribution is -2.45. The molecular weight excluding hydrogens is 474 g/mol. The fraction of sp³-hybridized carbons (Fsp3) is 0.333. The number of carbonyl (C=O) groups excluding carboxylic acids is 2. The van der Waals surface area contributed by atoms with Gasteiger partial charge in [0.1, 0.15) is 11.4 Å². The number of rotatable bonds is 4. The highest BCUT2D eigenvalue weighted by Crippen LogP contribution is 2.46. The van der Waals surface area contributed by atoms with Crippen LogP contribution in [0.1, 0.15) is 71.1 Å². The molecule has 1 atom stereocenters. The van der Waals surface area contributed by atoms with Gasteiger partial charge in [-0.3, -0.25) is 4.79 Å². The van der Waals surface area contributed by atoms with Crippen molar-refractivity contribution in [2.75, 3.05) is 20.2 Å². The fourth-order valence-corrected chi connectivity index (χ4v) is 6.49. The lowest BCUT2D eigenvalue weighted by molar-refractivity contribution is -0.129. The number of amides is 1. The number of ether oxygens (including phenoxy) is 2. The minimum absolute atomic E-state index is 0.0874. The third-order valence-electron chi connectivity index (χ3n) is 8.59. The van der Waals surface area contributed by atoms with Gasteiger partial charge >= 0.3 is 5.97 Å². The molecule has 1 amide bonds. The quantitative estimate of drug-likeness (QED) is 0.390. The van der Waals surface area contributed by atoms with Crippen LogP contribution in [-0.2, 0) is 21.6 Å². The van der Waals surface area contributed by atoms with Gasteiger partial charge in [0.25, 0.3) is 5.91 Å². The minimum atomic E-state index is -0.666. The summed E-state index contributed by atoms with van der Waals surface area (Å²) < 4.78 is 11.3. The molecule has 0 bridgehead atoms. The van der Waals surface area contributed by atoms with Gasteiger partial charge < -0.3 is 14.4 Å². The van der Waals surface area contributed by atoms with E-state index < -0.39 is 5.60 Å². The number of piperidine rings is 1. The van der Waals surface area contributed by atoms with Gasteiger partial charge in [-0.25, -0.2) is 4.79 Å². The van der Waals surface area contributed by atoms with Crippen molar-refractivity contribution >= 4 is 17.4 Å². The Balaban J connectivity index is 1.25. The van der Waals surface area contributed by atoms with E-state index in [1.54, 1.807) is 13.2 Å². The van der Waals surface area contributed by atoms with E-state index >= 15 is 0 Å². The molecule has 0 N–H and O–H groups in total. The highest BCUT2D eigenvalue weighted by Gasteiger charge is 2.48. The van der Waals surface area contributed by atoms with Crippen LogP contribution in [-0.4, -0.2) is 37.0 Å². The molecule has 0 radical (unpaired) electrons. The van der Waals surface area contributed by atoms with Gasteiger partial charge in [-0.1, -0.05) is 66.2 Å². The molecule has 3 aromatic rings. The summed E-state index contributed by atoms with van der Waals surface area (Å²) in [6.45, 7) is 3.21. The zero-order chi connectivity index (χ0) is 26.3. The van der Waals surface area contributed by atoms with Crippen molar-refractivity contribution in [2.45, 2.75) is 50.5 Å². The topological polar surface area (TPSA) is 55.8 Å². The number of esters is 1. The molecule has 38 heavy (non-hydrogen) atoms. The first kappa shape index (κ1) is 24.5. The highest BCUT2D eigenvalue weighted by atomic mass is 16.6. The van der Waals surface area contributed by atoms with Crippen LogP contribution in [0.4, 0.5) is 0 Å². The van der Waals surface area contributed by atoms with Crippen molar-refractivity contribution in [1.29, 1.82) is 0 Å². The van der Waals surface area contributed by atoms with Crippen molar-refractivity contribution in [3.05, 3.63) is 106 Å². The molecule has 1 unspecified atom stereocenters. The summed E-state index contributed by atoms with van der Waals surface area (Å²) in [5, 5.41) is 0. The Kier molecular flexibility index (Phi) is 6.30. The Morgan fingerprint density at radius 2 is 1.74 bits per heavy atom. The third kappa shape index (κ3) is 4.20. The number of nitrogens with zero attached hydrogens (tertiary/aromatic N) is 1. The maximum atomic E-state index is 14.1. The maximum absolute atomic E-state index is 14.1. The normalized spacial score (nSPS) is 20.0. The fourth-order valence-electron chi connectivity index (χ4n) is 6.49. The Labute approximate surface area is 224 Å². The van der Waals surface area contributed by atoms with E-state index in [0.717, 1.165) is 41.5 Å². The largest absolute Gasteiger partial charge is 0.497 e. The summed E-state index contributed by atoms with van der Waals surface area (Å²) in [7, 11) is 1.59. The minimum Gasteiger partial charge on any atom is -0.497 e. The number of allylic oxidation sites excluding steroid dienone is 1. The summed E-state index contributed by atoms with van der Waals surface area (Å²) in [5.74, 6) is 0.791. The number of hydrogen-bond donors (Lipinski definition) is 0. The molecule has 6 rings (SSSR count). The Hall–Kier alpha value is -3.86. The molecule has 5 heteroatoms. The second-order valence-corrected chi connectivity index (χ2v) is 10.8. The summed E-state index contributed by atoms with van der Waals surface area (Å²) >= 11 is 0. The van der Waals surface area contributed by atoms with Crippen molar-refractivity contribution in [2.24, 2.45) is 0 Å². The predicted molar refractivity (Wildman–Crippen MR) is 147 cm³/mol. The van der Waals surface area contributed by atoms with E-state index in [1.165, 1.54) is 11.1 Å². The first-order valence-corrected chi connectivity index (χ1v) is 13.5. The Morgan fingerprint density at radius 3 is 2.50 bits per heavy atom. The summed E-state index contributed by atoms with van der Waals surface area (Å²) in [6, 6.07) is 24.6. The Morgan fingerprint density at radius 1 is 1.00 bits per heavy atom. The molecule has 1 spiro atoms. The highest BCUT2D eigenvalue weighted by molar-refractivity contribution is 6.21. The van der Waals surface area contributed by atoms with E-state index in [1.807, 2.05) is 23.1 Å². The van der Waals surface area contributed by atoms with Crippen molar-refractivity contribution in [3.63, 3.8) is 0 Å². The van der Waals surface area contributed by atoms with Crippen LogP contribution in [0.15, 0.2) is 78.4 Å². The van der Waals surface area contributed by atoms with Crippen LogP contribution in [0.25, 0.3) is 5.57 Å². The van der Waals surface area contributed by atoms with Crippen LogP contribution >= 0.6 is 0 Å². The van der Waals surface area contributed by atoms with Gasteiger partial charge in [0.05, 0.1) is 12.7 Å². The Bertz CT molecular complexity index is 1420. The number of fused-ring (bicyclic) bond motifs is 3. The zero-order valence-corrected chi connectivity index (χ0v) is 22.0. The van der Waals surface area contributed by atoms with Crippen molar-refractivity contribution in [1.82, 2.24) is 4.90 Å².